The van der Waals surface area contributed by atoms with E-state index in [4.69, 9.17) is 0 Å². The lowest BCUT2D eigenvalue weighted by Crippen LogP contribution is -2.23. The minimum absolute atomic E-state index is 0.127. The van der Waals surface area contributed by atoms with Gasteiger partial charge in [-0.05, 0) is 77.7 Å². The summed E-state index contributed by atoms with van der Waals surface area (Å²) >= 11 is 0. The SMILES string of the molecule is CC1=C(C)C2(C(C)=C1C)C(C)=C(C)C(C)=C2C. The first kappa shape index (κ1) is 12.4. The molecule has 0 aromatic carbocycles. The molecule has 2 rings (SSSR count). The van der Waals surface area contributed by atoms with Gasteiger partial charge < -0.3 is 0 Å². The molecule has 2 aliphatic rings. The molecule has 17 heavy (non-hydrogen) atoms. The highest BCUT2D eigenvalue weighted by molar-refractivity contribution is 5.67. The van der Waals surface area contributed by atoms with E-state index in [0.29, 0.717) is 0 Å². The van der Waals surface area contributed by atoms with Crippen LogP contribution in [0.1, 0.15) is 55.4 Å². The molecule has 92 valence electrons. The predicted molar refractivity (Wildman–Crippen MR) is 75.9 cm³/mol. The zero-order valence-corrected chi connectivity index (χ0v) is 12.5. The molecule has 0 heteroatoms. The van der Waals surface area contributed by atoms with E-state index in [1.807, 2.05) is 0 Å². The standard InChI is InChI=1S/C17H24/c1-9-10(2)14(6)17(13(9)5)15(7)11(3)12(4)16(17)8/h1-8H3. The summed E-state index contributed by atoms with van der Waals surface area (Å²) in [6.45, 7) is 18.3. The molecule has 0 heterocycles. The van der Waals surface area contributed by atoms with Crippen LogP contribution in [0.4, 0.5) is 0 Å². The molecule has 0 atom stereocenters. The van der Waals surface area contributed by atoms with E-state index >= 15 is 0 Å². The van der Waals surface area contributed by atoms with Crippen LogP contribution in [-0.4, -0.2) is 0 Å². The van der Waals surface area contributed by atoms with Crippen LogP contribution in [0, 0.1) is 5.41 Å². The van der Waals surface area contributed by atoms with Crippen LogP contribution in [-0.2, 0) is 0 Å². The predicted octanol–water partition coefficient (Wildman–Crippen LogP) is 5.35. The molecular formula is C17H24. The van der Waals surface area contributed by atoms with Gasteiger partial charge >= 0.3 is 0 Å². The fraction of sp³-hybridized carbons (Fsp3) is 0.529. The lowest BCUT2D eigenvalue weighted by atomic mass is 9.69. The molecule has 0 N–H and O–H groups in total. The van der Waals surface area contributed by atoms with Gasteiger partial charge in [-0.3, -0.25) is 0 Å². The van der Waals surface area contributed by atoms with Crippen LogP contribution in [0.25, 0.3) is 0 Å². The molecule has 0 fully saturated rings. The van der Waals surface area contributed by atoms with Gasteiger partial charge in [-0.15, -0.1) is 0 Å². The zero-order chi connectivity index (χ0) is 13.1. The van der Waals surface area contributed by atoms with Gasteiger partial charge in [0, 0.05) is 0 Å². The maximum Gasteiger partial charge on any atom is 0.0553 e. The second kappa shape index (κ2) is 3.48. The highest BCUT2D eigenvalue weighted by Gasteiger charge is 2.47. The molecule has 0 bridgehead atoms. The Kier molecular flexibility index (Phi) is 2.54. The lowest BCUT2D eigenvalue weighted by Gasteiger charge is -2.33. The van der Waals surface area contributed by atoms with E-state index in [-0.39, 0.29) is 5.41 Å². The Bertz CT molecular complexity index is 429. The van der Waals surface area contributed by atoms with E-state index < -0.39 is 0 Å². The quantitative estimate of drug-likeness (QED) is 0.524. The molecule has 0 nitrogen and oxygen atoms in total. The number of allylic oxidation sites excluding steroid dienone is 8. The van der Waals surface area contributed by atoms with Crippen molar-refractivity contribution in [3.63, 3.8) is 0 Å². The number of hydrogen-bond donors (Lipinski definition) is 0. The largest absolute Gasteiger partial charge is 0.0553 e. The average molecular weight is 228 g/mol. The molecule has 0 saturated carbocycles. The van der Waals surface area contributed by atoms with Crippen molar-refractivity contribution in [1.82, 2.24) is 0 Å². The van der Waals surface area contributed by atoms with Crippen molar-refractivity contribution < 1.29 is 0 Å². The summed E-state index contributed by atoms with van der Waals surface area (Å²) in [5, 5.41) is 0. The van der Waals surface area contributed by atoms with E-state index in [2.05, 4.69) is 55.4 Å². The molecule has 1 spiro atoms. The highest BCUT2D eigenvalue weighted by Crippen LogP contribution is 2.60. The molecule has 0 aromatic rings. The number of hydrogen-bond acceptors (Lipinski definition) is 0. The molecule has 2 aliphatic carbocycles. The molecular weight excluding hydrogens is 204 g/mol. The maximum atomic E-state index is 2.31. The second-order valence-corrected chi connectivity index (χ2v) is 5.75. The van der Waals surface area contributed by atoms with Crippen molar-refractivity contribution in [2.24, 2.45) is 5.41 Å². The van der Waals surface area contributed by atoms with Crippen LogP contribution < -0.4 is 0 Å². The Hall–Kier alpha value is -1.04. The third-order valence-corrected chi connectivity index (χ3v) is 5.62. The summed E-state index contributed by atoms with van der Waals surface area (Å²) in [5.74, 6) is 0. The summed E-state index contributed by atoms with van der Waals surface area (Å²) in [6.07, 6.45) is 0. The third-order valence-electron chi connectivity index (χ3n) is 5.62. The monoisotopic (exact) mass is 228 g/mol. The summed E-state index contributed by atoms with van der Waals surface area (Å²) < 4.78 is 0. The first-order chi connectivity index (χ1) is 7.77. The Balaban J connectivity index is 2.86. The first-order valence-corrected chi connectivity index (χ1v) is 6.50. The van der Waals surface area contributed by atoms with E-state index in [1.54, 1.807) is 22.3 Å². The first-order valence-electron chi connectivity index (χ1n) is 6.50. The van der Waals surface area contributed by atoms with Crippen LogP contribution in [0.5, 0.6) is 0 Å². The van der Waals surface area contributed by atoms with Gasteiger partial charge in [0.25, 0.3) is 0 Å². The topological polar surface area (TPSA) is 0 Å². The third kappa shape index (κ3) is 1.14. The molecule has 0 saturated heterocycles. The number of rotatable bonds is 0. The Labute approximate surface area is 106 Å². The minimum Gasteiger partial charge on any atom is -0.0518 e. The van der Waals surface area contributed by atoms with Crippen LogP contribution in [0.3, 0.4) is 0 Å². The minimum atomic E-state index is 0.127. The van der Waals surface area contributed by atoms with Crippen molar-refractivity contribution in [2.45, 2.75) is 55.4 Å². The molecule has 0 aromatic heterocycles. The van der Waals surface area contributed by atoms with Gasteiger partial charge in [0.05, 0.1) is 5.41 Å². The Morgan fingerprint density at radius 1 is 0.412 bits per heavy atom. The normalized spacial score (nSPS) is 24.0. The van der Waals surface area contributed by atoms with Crippen molar-refractivity contribution in [3.8, 4) is 0 Å². The molecule has 0 radical (unpaired) electrons. The molecule has 0 aliphatic heterocycles. The van der Waals surface area contributed by atoms with E-state index in [1.165, 1.54) is 22.3 Å². The fourth-order valence-electron chi connectivity index (χ4n) is 3.94. The van der Waals surface area contributed by atoms with Crippen LogP contribution >= 0.6 is 0 Å². The smallest absolute Gasteiger partial charge is 0.0518 e. The molecule has 0 unspecified atom stereocenters. The van der Waals surface area contributed by atoms with Crippen molar-refractivity contribution >= 4 is 0 Å². The molecule has 0 amide bonds. The van der Waals surface area contributed by atoms with Gasteiger partial charge in [-0.1, -0.05) is 22.3 Å². The van der Waals surface area contributed by atoms with Crippen molar-refractivity contribution in [3.05, 3.63) is 44.6 Å². The van der Waals surface area contributed by atoms with Gasteiger partial charge in [0.2, 0.25) is 0 Å². The van der Waals surface area contributed by atoms with Gasteiger partial charge in [0.15, 0.2) is 0 Å². The van der Waals surface area contributed by atoms with Gasteiger partial charge in [0.1, 0.15) is 0 Å². The fourth-order valence-corrected chi connectivity index (χ4v) is 3.94. The van der Waals surface area contributed by atoms with Crippen LogP contribution in [0.2, 0.25) is 0 Å². The summed E-state index contributed by atoms with van der Waals surface area (Å²) in [6, 6.07) is 0. The van der Waals surface area contributed by atoms with Gasteiger partial charge in [-0.25, -0.2) is 0 Å². The van der Waals surface area contributed by atoms with Gasteiger partial charge in [-0.2, -0.15) is 0 Å². The van der Waals surface area contributed by atoms with E-state index in [0.717, 1.165) is 0 Å². The highest BCUT2D eigenvalue weighted by atomic mass is 14.5. The lowest BCUT2D eigenvalue weighted by molar-refractivity contribution is 0.624. The Morgan fingerprint density at radius 3 is 0.765 bits per heavy atom. The second-order valence-electron chi connectivity index (χ2n) is 5.75. The summed E-state index contributed by atoms with van der Waals surface area (Å²) in [7, 11) is 0. The zero-order valence-electron chi connectivity index (χ0n) is 12.5. The van der Waals surface area contributed by atoms with Crippen molar-refractivity contribution in [2.75, 3.05) is 0 Å². The maximum absolute atomic E-state index is 2.31. The summed E-state index contributed by atoms with van der Waals surface area (Å²) in [4.78, 5) is 0. The Morgan fingerprint density at radius 2 is 0.588 bits per heavy atom. The average Bonchev–Trinajstić information content (AvgIpc) is 2.58. The van der Waals surface area contributed by atoms with Crippen LogP contribution in [0.15, 0.2) is 44.6 Å². The summed E-state index contributed by atoms with van der Waals surface area (Å²) in [5.41, 5.74) is 12.2. The van der Waals surface area contributed by atoms with Crippen molar-refractivity contribution in [1.29, 1.82) is 0 Å². The van der Waals surface area contributed by atoms with E-state index in [9.17, 15) is 0 Å².